The van der Waals surface area contributed by atoms with Crippen molar-refractivity contribution in [2.24, 2.45) is 0 Å². The van der Waals surface area contributed by atoms with E-state index in [1.165, 1.54) is 10.1 Å². The van der Waals surface area contributed by atoms with Gasteiger partial charge in [0.1, 0.15) is 6.10 Å². The van der Waals surface area contributed by atoms with Gasteiger partial charge in [-0.25, -0.2) is 0 Å². The Morgan fingerprint density at radius 3 is 2.96 bits per heavy atom. The largest absolute Gasteiger partial charge is 0.454 e. The fourth-order valence-corrected chi connectivity index (χ4v) is 3.79. The highest BCUT2D eigenvalue weighted by Crippen LogP contribution is 2.35. The summed E-state index contributed by atoms with van der Waals surface area (Å²) in [4.78, 5) is 0.983. The van der Waals surface area contributed by atoms with Crippen LogP contribution in [0.25, 0.3) is 10.1 Å². The first-order valence-electron chi connectivity index (χ1n) is 7.56. The van der Waals surface area contributed by atoms with Crippen molar-refractivity contribution >= 4 is 21.4 Å². The monoisotopic (exact) mass is 327 g/mol. The second-order valence-corrected chi connectivity index (χ2v) is 6.60. The van der Waals surface area contributed by atoms with Gasteiger partial charge in [0.05, 0.1) is 0 Å². The van der Waals surface area contributed by atoms with Crippen molar-refractivity contribution in [3.8, 4) is 11.5 Å². The van der Waals surface area contributed by atoms with E-state index < -0.39 is 6.10 Å². The van der Waals surface area contributed by atoms with Crippen molar-refractivity contribution in [3.05, 3.63) is 59.0 Å². The molecule has 1 aliphatic heterocycles. The maximum atomic E-state index is 10.4. The lowest BCUT2D eigenvalue weighted by Gasteiger charge is -2.11. The molecule has 0 radical (unpaired) electrons. The van der Waals surface area contributed by atoms with E-state index in [4.69, 9.17) is 9.47 Å². The Labute approximate surface area is 138 Å². The Balaban J connectivity index is 1.40. The van der Waals surface area contributed by atoms with E-state index in [1.807, 2.05) is 30.3 Å². The zero-order chi connectivity index (χ0) is 15.6. The summed E-state index contributed by atoms with van der Waals surface area (Å²) < 4.78 is 12.1. The Morgan fingerprint density at radius 2 is 2.04 bits per heavy atom. The van der Waals surface area contributed by atoms with Gasteiger partial charge in [0, 0.05) is 28.2 Å². The van der Waals surface area contributed by atoms with Crippen molar-refractivity contribution in [1.82, 2.24) is 5.32 Å². The molecule has 5 heteroatoms. The first kappa shape index (κ1) is 14.5. The highest BCUT2D eigenvalue weighted by atomic mass is 32.1. The molecule has 2 heterocycles. The number of nitrogens with one attached hydrogen (secondary N) is 1. The zero-order valence-corrected chi connectivity index (χ0v) is 13.3. The Kier molecular flexibility index (Phi) is 3.91. The van der Waals surface area contributed by atoms with Gasteiger partial charge in [-0.3, -0.25) is 0 Å². The Hall–Kier alpha value is -2.08. The van der Waals surface area contributed by atoms with Crippen molar-refractivity contribution in [3.63, 3.8) is 0 Å². The minimum atomic E-state index is -0.513. The van der Waals surface area contributed by atoms with Gasteiger partial charge in [-0.05, 0) is 23.6 Å². The second-order valence-electron chi connectivity index (χ2n) is 5.48. The summed E-state index contributed by atoms with van der Waals surface area (Å²) >= 11 is 1.64. The van der Waals surface area contributed by atoms with Crippen LogP contribution in [0.4, 0.5) is 0 Å². The molecule has 1 aromatic heterocycles. The van der Waals surface area contributed by atoms with Crippen molar-refractivity contribution in [1.29, 1.82) is 0 Å². The molecule has 3 aromatic rings. The van der Waals surface area contributed by atoms with Gasteiger partial charge in [0.25, 0.3) is 0 Å². The average Bonchev–Trinajstić information content (AvgIpc) is 3.21. The average molecular weight is 327 g/mol. The van der Waals surface area contributed by atoms with E-state index in [0.29, 0.717) is 13.1 Å². The number of thiophene rings is 1. The summed E-state index contributed by atoms with van der Waals surface area (Å²) in [7, 11) is 0. The molecule has 4 rings (SSSR count). The van der Waals surface area contributed by atoms with E-state index in [2.05, 4.69) is 23.5 Å². The van der Waals surface area contributed by atoms with Crippen LogP contribution in [-0.4, -0.2) is 18.4 Å². The third kappa shape index (κ3) is 2.91. The predicted octanol–water partition coefficient (Wildman–Crippen LogP) is 3.45. The number of para-hydroxylation sites is 1. The van der Waals surface area contributed by atoms with Crippen LogP contribution in [0, 0.1) is 0 Å². The normalized spacial score (nSPS) is 14.3. The van der Waals surface area contributed by atoms with Crippen LogP contribution in [0.2, 0.25) is 0 Å². The van der Waals surface area contributed by atoms with Gasteiger partial charge >= 0.3 is 0 Å². The summed E-state index contributed by atoms with van der Waals surface area (Å²) in [5.41, 5.74) is 1.04. The quantitative estimate of drug-likeness (QED) is 0.753. The number of ether oxygens (including phenoxy) is 2. The van der Waals surface area contributed by atoms with Crippen LogP contribution >= 0.6 is 11.3 Å². The van der Waals surface area contributed by atoms with Crippen LogP contribution in [0.1, 0.15) is 16.5 Å². The summed E-state index contributed by atoms with van der Waals surface area (Å²) in [6.45, 7) is 1.41. The summed E-state index contributed by atoms with van der Waals surface area (Å²) in [6.07, 6.45) is -0.513. The zero-order valence-electron chi connectivity index (χ0n) is 12.5. The number of rotatable bonds is 5. The molecular formula is C18H17NO3S. The fourth-order valence-electron chi connectivity index (χ4n) is 2.74. The molecule has 1 atom stereocenters. The lowest BCUT2D eigenvalue weighted by molar-refractivity contribution is 0.171. The second kappa shape index (κ2) is 6.20. The number of hydrogen-bond acceptors (Lipinski definition) is 5. The van der Waals surface area contributed by atoms with E-state index in [-0.39, 0.29) is 6.79 Å². The molecule has 0 spiro atoms. The summed E-state index contributed by atoms with van der Waals surface area (Å²) in [5.74, 6) is 1.59. The third-order valence-electron chi connectivity index (χ3n) is 3.90. The molecule has 0 fully saturated rings. The minimum Gasteiger partial charge on any atom is -0.454 e. The highest BCUT2D eigenvalue weighted by molar-refractivity contribution is 7.19. The molecule has 0 saturated carbocycles. The number of benzene rings is 2. The smallest absolute Gasteiger partial charge is 0.231 e. The SMILES string of the molecule is OC(CNCc1cccc2c1OCO2)c1cc2ccccc2s1. The van der Waals surface area contributed by atoms with Crippen molar-refractivity contribution in [2.75, 3.05) is 13.3 Å². The first-order valence-corrected chi connectivity index (χ1v) is 8.37. The molecular weight excluding hydrogens is 310 g/mol. The van der Waals surface area contributed by atoms with Crippen LogP contribution in [0.15, 0.2) is 48.5 Å². The molecule has 23 heavy (non-hydrogen) atoms. The van der Waals surface area contributed by atoms with E-state index in [1.54, 1.807) is 11.3 Å². The van der Waals surface area contributed by atoms with Gasteiger partial charge in [-0.15, -0.1) is 11.3 Å². The van der Waals surface area contributed by atoms with E-state index >= 15 is 0 Å². The number of aliphatic hydroxyl groups is 1. The molecule has 0 amide bonds. The van der Waals surface area contributed by atoms with Crippen LogP contribution < -0.4 is 14.8 Å². The summed E-state index contributed by atoms with van der Waals surface area (Å²) in [5, 5.41) is 14.9. The number of aliphatic hydroxyl groups excluding tert-OH is 1. The fraction of sp³-hybridized carbons (Fsp3) is 0.222. The van der Waals surface area contributed by atoms with Gasteiger partial charge in [-0.2, -0.15) is 0 Å². The maximum Gasteiger partial charge on any atom is 0.231 e. The van der Waals surface area contributed by atoms with Gasteiger partial charge in [0.2, 0.25) is 6.79 Å². The third-order valence-corrected chi connectivity index (χ3v) is 5.12. The van der Waals surface area contributed by atoms with Crippen LogP contribution in [0.5, 0.6) is 11.5 Å². The molecule has 2 aromatic carbocycles. The van der Waals surface area contributed by atoms with E-state index in [9.17, 15) is 5.11 Å². The molecule has 0 aliphatic carbocycles. The molecule has 1 unspecified atom stereocenters. The maximum absolute atomic E-state index is 10.4. The topological polar surface area (TPSA) is 50.7 Å². The van der Waals surface area contributed by atoms with Gasteiger partial charge < -0.3 is 19.9 Å². The van der Waals surface area contributed by atoms with Crippen LogP contribution in [0.3, 0.4) is 0 Å². The Bertz CT molecular complexity index is 797. The lowest BCUT2D eigenvalue weighted by atomic mass is 10.2. The first-order chi connectivity index (χ1) is 11.3. The highest BCUT2D eigenvalue weighted by Gasteiger charge is 2.17. The standard InChI is InChI=1S/C18H17NO3S/c20-14(17-8-12-4-1-2-7-16(12)23-17)10-19-9-13-5-3-6-15-18(13)22-11-21-15/h1-8,14,19-20H,9-11H2. The molecule has 0 bridgehead atoms. The van der Waals surface area contributed by atoms with Crippen molar-refractivity contribution in [2.45, 2.75) is 12.6 Å². The number of hydrogen-bond donors (Lipinski definition) is 2. The summed E-state index contributed by atoms with van der Waals surface area (Å²) in [6, 6.07) is 16.1. The molecule has 4 nitrogen and oxygen atoms in total. The molecule has 0 saturated heterocycles. The van der Waals surface area contributed by atoms with Gasteiger partial charge in [-0.1, -0.05) is 30.3 Å². The predicted molar refractivity (Wildman–Crippen MR) is 91.1 cm³/mol. The minimum absolute atomic E-state index is 0.275. The van der Waals surface area contributed by atoms with E-state index in [0.717, 1.165) is 21.9 Å². The Morgan fingerprint density at radius 1 is 1.13 bits per heavy atom. The van der Waals surface area contributed by atoms with Crippen LogP contribution in [-0.2, 0) is 6.54 Å². The molecule has 2 N–H and O–H groups in total. The number of fused-ring (bicyclic) bond motifs is 2. The van der Waals surface area contributed by atoms with Gasteiger partial charge in [0.15, 0.2) is 11.5 Å². The molecule has 1 aliphatic rings. The lowest BCUT2D eigenvalue weighted by Crippen LogP contribution is -2.20. The van der Waals surface area contributed by atoms with Crippen molar-refractivity contribution < 1.29 is 14.6 Å². The molecule has 118 valence electrons.